The average molecular weight is 393 g/mol. The van der Waals surface area contributed by atoms with E-state index in [9.17, 15) is 4.79 Å². The second-order valence-corrected chi connectivity index (χ2v) is 8.13. The summed E-state index contributed by atoms with van der Waals surface area (Å²) >= 11 is 1.47. The summed E-state index contributed by atoms with van der Waals surface area (Å²) in [6.45, 7) is 2.89. The van der Waals surface area contributed by atoms with Gasteiger partial charge in [0.05, 0.1) is 16.6 Å². The second-order valence-electron chi connectivity index (χ2n) is 7.18. The number of carbonyl (C=O) groups is 1. The van der Waals surface area contributed by atoms with E-state index in [2.05, 4.69) is 26.3 Å². The number of pyridine rings is 2. The number of hydrogen-bond donors (Lipinski definition) is 1. The largest absolute Gasteiger partial charge is 0.343 e. The molecule has 0 bridgehead atoms. The minimum Gasteiger partial charge on any atom is -0.343 e. The fraction of sp³-hybridized carbons (Fsp3) is 0.318. The molecule has 6 heteroatoms. The Kier molecular flexibility index (Phi) is 6.09. The van der Waals surface area contributed by atoms with Gasteiger partial charge in [0.2, 0.25) is 0 Å². The maximum atomic E-state index is 12.8. The number of thiophene rings is 1. The van der Waals surface area contributed by atoms with Crippen LogP contribution in [0.1, 0.15) is 39.8 Å². The van der Waals surface area contributed by atoms with Crippen molar-refractivity contribution in [3.8, 4) is 0 Å². The van der Waals surface area contributed by atoms with E-state index in [0.29, 0.717) is 5.92 Å². The summed E-state index contributed by atoms with van der Waals surface area (Å²) < 4.78 is 0. The summed E-state index contributed by atoms with van der Waals surface area (Å²) in [5, 5.41) is 5.19. The first-order valence-corrected chi connectivity index (χ1v) is 10.5. The number of carbonyl (C=O) groups excluding carboxylic acids is 1. The van der Waals surface area contributed by atoms with Gasteiger partial charge in [0, 0.05) is 31.7 Å². The number of nitrogens with one attached hydrogen (secondary N) is 1. The predicted octanol–water partition coefficient (Wildman–Crippen LogP) is 3.92. The zero-order valence-electron chi connectivity index (χ0n) is 15.7. The van der Waals surface area contributed by atoms with Crippen molar-refractivity contribution in [2.45, 2.75) is 25.4 Å². The Morgan fingerprint density at radius 1 is 1.21 bits per heavy atom. The van der Waals surface area contributed by atoms with Gasteiger partial charge in [0.25, 0.3) is 5.91 Å². The molecule has 28 heavy (non-hydrogen) atoms. The molecular formula is C22H24N4OS. The number of rotatable bonds is 6. The van der Waals surface area contributed by atoms with Gasteiger partial charge in [0.15, 0.2) is 0 Å². The molecule has 0 radical (unpaired) electrons. The Bertz CT molecular complexity index is 870. The molecular weight excluding hydrogens is 368 g/mol. The van der Waals surface area contributed by atoms with E-state index in [4.69, 9.17) is 0 Å². The highest BCUT2D eigenvalue weighted by atomic mass is 32.1. The Morgan fingerprint density at radius 2 is 2.18 bits per heavy atom. The molecule has 3 aromatic heterocycles. The molecule has 1 aliphatic heterocycles. The maximum absolute atomic E-state index is 12.8. The van der Waals surface area contributed by atoms with E-state index >= 15 is 0 Å². The zero-order valence-corrected chi connectivity index (χ0v) is 16.5. The fourth-order valence-electron chi connectivity index (χ4n) is 3.87. The van der Waals surface area contributed by atoms with Crippen LogP contribution in [-0.4, -0.2) is 33.9 Å². The molecule has 1 fully saturated rings. The van der Waals surface area contributed by atoms with Crippen molar-refractivity contribution in [2.24, 2.45) is 5.92 Å². The van der Waals surface area contributed by atoms with Crippen molar-refractivity contribution < 1.29 is 4.79 Å². The lowest BCUT2D eigenvalue weighted by molar-refractivity contribution is 0.0879. The molecule has 144 valence electrons. The molecule has 3 aromatic rings. The summed E-state index contributed by atoms with van der Waals surface area (Å²) in [5.74, 6) is 0.305. The second kappa shape index (κ2) is 9.08. The lowest BCUT2D eigenvalue weighted by Gasteiger charge is -2.37. The van der Waals surface area contributed by atoms with Gasteiger partial charge in [0.1, 0.15) is 0 Å². The summed E-state index contributed by atoms with van der Waals surface area (Å²) in [5.41, 5.74) is 2.15. The number of hydrogen-bond acceptors (Lipinski definition) is 5. The van der Waals surface area contributed by atoms with Gasteiger partial charge >= 0.3 is 0 Å². The van der Waals surface area contributed by atoms with Crippen LogP contribution in [0.25, 0.3) is 0 Å². The topological polar surface area (TPSA) is 58.1 Å². The van der Waals surface area contributed by atoms with Crippen LogP contribution >= 0.6 is 11.3 Å². The average Bonchev–Trinajstić information content (AvgIpc) is 3.29. The van der Waals surface area contributed by atoms with E-state index in [-0.39, 0.29) is 11.9 Å². The predicted molar refractivity (Wildman–Crippen MR) is 111 cm³/mol. The molecule has 0 aliphatic carbocycles. The first-order chi connectivity index (χ1) is 13.8. The molecule has 1 N–H and O–H groups in total. The molecule has 0 saturated carbocycles. The summed E-state index contributed by atoms with van der Waals surface area (Å²) in [6, 6.07) is 13.7. The third-order valence-corrected chi connectivity index (χ3v) is 6.05. The van der Waals surface area contributed by atoms with Crippen LogP contribution in [0, 0.1) is 5.92 Å². The molecule has 4 rings (SSSR count). The maximum Gasteiger partial charge on any atom is 0.261 e. The summed E-state index contributed by atoms with van der Waals surface area (Å²) in [7, 11) is 0. The van der Waals surface area contributed by atoms with Gasteiger partial charge in [-0.1, -0.05) is 18.2 Å². The van der Waals surface area contributed by atoms with Gasteiger partial charge in [-0.3, -0.25) is 19.7 Å². The molecule has 2 atom stereocenters. The fourth-order valence-corrected chi connectivity index (χ4v) is 4.50. The van der Waals surface area contributed by atoms with Crippen LogP contribution in [0.15, 0.2) is 66.4 Å². The van der Waals surface area contributed by atoms with Crippen molar-refractivity contribution in [3.63, 3.8) is 0 Å². The third-order valence-electron chi connectivity index (χ3n) is 5.18. The third kappa shape index (κ3) is 4.64. The zero-order chi connectivity index (χ0) is 19.2. The van der Waals surface area contributed by atoms with Crippen LogP contribution in [0.2, 0.25) is 0 Å². The van der Waals surface area contributed by atoms with Crippen LogP contribution in [-0.2, 0) is 6.54 Å². The lowest BCUT2D eigenvalue weighted by atomic mass is 9.88. The Morgan fingerprint density at radius 3 is 2.93 bits per heavy atom. The highest BCUT2D eigenvalue weighted by Crippen LogP contribution is 2.30. The molecule has 1 amide bonds. The van der Waals surface area contributed by atoms with E-state index in [1.54, 1.807) is 12.4 Å². The smallest absolute Gasteiger partial charge is 0.261 e. The molecule has 4 heterocycles. The van der Waals surface area contributed by atoms with Gasteiger partial charge in [-0.25, -0.2) is 0 Å². The van der Waals surface area contributed by atoms with E-state index in [1.165, 1.54) is 16.9 Å². The first kappa shape index (κ1) is 18.8. The Labute approximate surface area is 169 Å². The Hall–Kier alpha value is -2.57. The number of amides is 1. The number of piperidine rings is 1. The van der Waals surface area contributed by atoms with Crippen molar-refractivity contribution in [3.05, 3.63) is 82.6 Å². The highest BCUT2D eigenvalue weighted by Gasteiger charge is 2.30. The molecule has 1 aliphatic rings. The van der Waals surface area contributed by atoms with Crippen LogP contribution in [0.4, 0.5) is 0 Å². The van der Waals surface area contributed by atoms with E-state index in [1.807, 2.05) is 48.0 Å². The highest BCUT2D eigenvalue weighted by molar-refractivity contribution is 7.12. The van der Waals surface area contributed by atoms with Crippen molar-refractivity contribution >= 4 is 17.2 Å². The quantitative estimate of drug-likeness (QED) is 0.691. The summed E-state index contributed by atoms with van der Waals surface area (Å²) in [4.78, 5) is 24.7. The van der Waals surface area contributed by atoms with E-state index in [0.717, 1.165) is 43.0 Å². The van der Waals surface area contributed by atoms with Crippen LogP contribution < -0.4 is 5.32 Å². The molecule has 0 aromatic carbocycles. The van der Waals surface area contributed by atoms with Crippen molar-refractivity contribution in [1.82, 2.24) is 20.2 Å². The number of aromatic nitrogens is 2. The van der Waals surface area contributed by atoms with Crippen molar-refractivity contribution in [2.75, 3.05) is 13.1 Å². The SMILES string of the molecule is O=C(N[C@H](c1ccccn1)[C@@H]1CCCN(Cc2cccnc2)C1)c1cccs1. The standard InChI is InChI=1S/C22H24N4OS/c27-22(20-9-5-13-28-20)25-21(19-8-1-2-11-24-19)18-7-4-12-26(16-18)15-17-6-3-10-23-14-17/h1-3,5-6,8-11,13-14,18,21H,4,7,12,15-16H2,(H,25,27)/t18-,21+/m1/s1. The first-order valence-electron chi connectivity index (χ1n) is 9.66. The molecule has 5 nitrogen and oxygen atoms in total. The normalized spacial score (nSPS) is 18.5. The minimum absolute atomic E-state index is 0.0185. The van der Waals surface area contributed by atoms with Gasteiger partial charge in [-0.15, -0.1) is 11.3 Å². The minimum atomic E-state index is -0.0903. The molecule has 1 saturated heterocycles. The molecule has 0 spiro atoms. The van der Waals surface area contributed by atoms with Gasteiger partial charge < -0.3 is 5.32 Å². The van der Waals surface area contributed by atoms with Gasteiger partial charge in [-0.05, 0) is 60.5 Å². The van der Waals surface area contributed by atoms with E-state index < -0.39 is 0 Å². The number of nitrogens with zero attached hydrogens (tertiary/aromatic N) is 3. The summed E-state index contributed by atoms with van der Waals surface area (Å²) in [6.07, 6.45) is 7.73. The lowest BCUT2D eigenvalue weighted by Crippen LogP contribution is -2.43. The Balaban J connectivity index is 1.51. The molecule has 0 unspecified atom stereocenters. The monoisotopic (exact) mass is 392 g/mol. The van der Waals surface area contributed by atoms with Crippen molar-refractivity contribution in [1.29, 1.82) is 0 Å². The van der Waals surface area contributed by atoms with Gasteiger partial charge in [-0.2, -0.15) is 0 Å². The van der Waals surface area contributed by atoms with Crippen LogP contribution in [0.5, 0.6) is 0 Å². The number of likely N-dealkylation sites (tertiary alicyclic amines) is 1. The van der Waals surface area contributed by atoms with Crippen LogP contribution in [0.3, 0.4) is 0 Å².